The van der Waals surface area contributed by atoms with Gasteiger partial charge < -0.3 is 14.3 Å². The fraction of sp³-hybridized carbons (Fsp3) is 0.273. The van der Waals surface area contributed by atoms with Crippen molar-refractivity contribution < 1.29 is 4.39 Å². The van der Waals surface area contributed by atoms with Gasteiger partial charge in [-0.25, -0.2) is 9.37 Å². The molecule has 0 unspecified atom stereocenters. The summed E-state index contributed by atoms with van der Waals surface area (Å²) in [6, 6.07) is 7.44. The molecule has 0 amide bonds. The molecule has 1 saturated heterocycles. The van der Waals surface area contributed by atoms with Gasteiger partial charge in [0.15, 0.2) is 11.5 Å². The van der Waals surface area contributed by atoms with E-state index in [1.54, 1.807) is 4.40 Å². The Morgan fingerprint density at radius 1 is 1.11 bits per heavy atom. The molecule has 1 aliphatic heterocycles. The predicted molar refractivity (Wildman–Crippen MR) is 108 cm³/mol. The first kappa shape index (κ1) is 17.1. The maximum atomic E-state index is 14.5. The molecule has 4 heterocycles. The van der Waals surface area contributed by atoms with E-state index < -0.39 is 0 Å². The molecule has 0 spiro atoms. The van der Waals surface area contributed by atoms with Crippen LogP contribution in [0.5, 0.6) is 0 Å². The van der Waals surface area contributed by atoms with E-state index in [1.807, 2.05) is 55.2 Å². The van der Waals surface area contributed by atoms with Crippen LogP contribution in [0.3, 0.4) is 0 Å². The highest BCUT2D eigenvalue weighted by molar-refractivity contribution is 5.89. The minimum absolute atomic E-state index is 0.0349. The third-order valence-electron chi connectivity index (χ3n) is 5.63. The molecule has 0 bridgehead atoms. The first-order chi connectivity index (χ1) is 13.5. The number of nitrogens with one attached hydrogen (secondary N) is 1. The van der Waals surface area contributed by atoms with Crippen molar-refractivity contribution in [2.24, 2.45) is 0 Å². The number of nitrogens with zero attached hydrogens (tertiary/aromatic N) is 3. The van der Waals surface area contributed by atoms with Gasteiger partial charge in [-0.3, -0.25) is 4.79 Å². The van der Waals surface area contributed by atoms with Crippen LogP contribution in [0.2, 0.25) is 0 Å². The Hall–Kier alpha value is -2.99. The number of pyridine rings is 2. The lowest BCUT2D eigenvalue weighted by atomic mass is 10.0. The maximum absolute atomic E-state index is 14.5. The monoisotopic (exact) mass is 376 g/mol. The van der Waals surface area contributed by atoms with Gasteiger partial charge in [-0.2, -0.15) is 0 Å². The molecule has 1 fully saturated rings. The smallest absolute Gasteiger partial charge is 0.258 e. The number of hydrogen-bond acceptors (Lipinski definition) is 3. The zero-order valence-electron chi connectivity index (χ0n) is 15.9. The van der Waals surface area contributed by atoms with E-state index in [4.69, 9.17) is 0 Å². The van der Waals surface area contributed by atoms with Gasteiger partial charge in [-0.15, -0.1) is 0 Å². The van der Waals surface area contributed by atoms with Crippen LogP contribution < -0.4 is 10.9 Å². The van der Waals surface area contributed by atoms with Gasteiger partial charge in [-0.1, -0.05) is 6.07 Å². The lowest BCUT2D eigenvalue weighted by Gasteiger charge is -2.16. The highest BCUT2D eigenvalue weighted by atomic mass is 19.1. The van der Waals surface area contributed by atoms with Crippen LogP contribution >= 0.6 is 0 Å². The van der Waals surface area contributed by atoms with Gasteiger partial charge in [0.25, 0.3) is 5.56 Å². The molecule has 0 saturated carbocycles. The summed E-state index contributed by atoms with van der Waals surface area (Å²) in [4.78, 5) is 17.2. The number of aryl methyl sites for hydroxylation is 2. The molecule has 5 rings (SSSR count). The molecule has 1 aromatic carbocycles. The van der Waals surface area contributed by atoms with Crippen molar-refractivity contribution in [1.82, 2.24) is 19.3 Å². The standard InChI is InChI=1S/C22H21FN4O/c1-13-10-27(17-5-6-24-9-17)22(28)18-4-3-15(7-19(13)18)16-8-20(23)21-25-14(2)11-26(21)12-16/h3-4,7-8,10-12,17,24H,5-6,9H2,1-2H3/t17-/m0/s1. The van der Waals surface area contributed by atoms with E-state index in [2.05, 4.69) is 10.3 Å². The highest BCUT2D eigenvalue weighted by Gasteiger charge is 2.19. The van der Waals surface area contributed by atoms with Gasteiger partial charge >= 0.3 is 0 Å². The summed E-state index contributed by atoms with van der Waals surface area (Å²) in [5, 5.41) is 4.93. The number of halogens is 1. The zero-order chi connectivity index (χ0) is 19.4. The van der Waals surface area contributed by atoms with Crippen LogP contribution in [0.4, 0.5) is 4.39 Å². The fourth-order valence-electron chi connectivity index (χ4n) is 4.20. The number of aromatic nitrogens is 3. The Morgan fingerprint density at radius 3 is 2.75 bits per heavy atom. The molecular weight excluding hydrogens is 355 g/mol. The van der Waals surface area contributed by atoms with Crippen molar-refractivity contribution in [3.8, 4) is 11.1 Å². The zero-order valence-corrected chi connectivity index (χ0v) is 15.9. The van der Waals surface area contributed by atoms with E-state index in [0.29, 0.717) is 11.0 Å². The number of fused-ring (bicyclic) bond motifs is 2. The Bertz CT molecular complexity index is 1280. The normalized spacial score (nSPS) is 17.0. The summed E-state index contributed by atoms with van der Waals surface area (Å²) in [6.45, 7) is 5.63. The molecule has 6 heteroatoms. The second-order valence-corrected chi connectivity index (χ2v) is 7.62. The number of rotatable bonds is 2. The van der Waals surface area contributed by atoms with Crippen molar-refractivity contribution in [2.75, 3.05) is 13.1 Å². The summed E-state index contributed by atoms with van der Waals surface area (Å²) in [6.07, 6.45) is 6.60. The van der Waals surface area contributed by atoms with Gasteiger partial charge in [0.05, 0.1) is 11.7 Å². The second-order valence-electron chi connectivity index (χ2n) is 7.62. The molecule has 0 aliphatic carbocycles. The van der Waals surface area contributed by atoms with Crippen LogP contribution in [0.1, 0.15) is 23.7 Å². The first-order valence-electron chi connectivity index (χ1n) is 9.53. The van der Waals surface area contributed by atoms with Crippen molar-refractivity contribution >= 4 is 16.4 Å². The molecule has 0 radical (unpaired) electrons. The molecule has 3 aromatic heterocycles. The summed E-state index contributed by atoms with van der Waals surface area (Å²) >= 11 is 0. The van der Waals surface area contributed by atoms with Crippen LogP contribution in [0.25, 0.3) is 27.5 Å². The van der Waals surface area contributed by atoms with Crippen molar-refractivity contribution in [2.45, 2.75) is 26.3 Å². The number of benzene rings is 1. The summed E-state index contributed by atoms with van der Waals surface area (Å²) < 4.78 is 18.1. The van der Waals surface area contributed by atoms with E-state index in [1.165, 1.54) is 6.07 Å². The van der Waals surface area contributed by atoms with Crippen LogP contribution in [-0.2, 0) is 0 Å². The summed E-state index contributed by atoms with van der Waals surface area (Å²) in [7, 11) is 0. The molecule has 28 heavy (non-hydrogen) atoms. The topological polar surface area (TPSA) is 51.3 Å². The second kappa shape index (κ2) is 6.27. The van der Waals surface area contributed by atoms with E-state index in [0.717, 1.165) is 47.3 Å². The van der Waals surface area contributed by atoms with E-state index >= 15 is 0 Å². The van der Waals surface area contributed by atoms with E-state index in [9.17, 15) is 9.18 Å². The molecule has 5 nitrogen and oxygen atoms in total. The van der Waals surface area contributed by atoms with Gasteiger partial charge in [0, 0.05) is 36.1 Å². The molecule has 1 aliphatic rings. The number of hydrogen-bond donors (Lipinski definition) is 1. The Morgan fingerprint density at radius 2 is 1.96 bits per heavy atom. The van der Waals surface area contributed by atoms with Crippen LogP contribution in [0, 0.1) is 19.7 Å². The molecule has 142 valence electrons. The van der Waals surface area contributed by atoms with E-state index in [-0.39, 0.29) is 17.4 Å². The van der Waals surface area contributed by atoms with Crippen molar-refractivity contribution in [3.63, 3.8) is 0 Å². The van der Waals surface area contributed by atoms with Crippen LogP contribution in [-0.4, -0.2) is 27.0 Å². The average Bonchev–Trinajstić information content (AvgIpc) is 3.33. The lowest BCUT2D eigenvalue weighted by molar-refractivity contribution is 0.531. The van der Waals surface area contributed by atoms with Gasteiger partial charge in [-0.05, 0) is 61.5 Å². The Kier molecular flexibility index (Phi) is 3.84. The maximum Gasteiger partial charge on any atom is 0.258 e. The average molecular weight is 376 g/mol. The third-order valence-corrected chi connectivity index (χ3v) is 5.63. The highest BCUT2D eigenvalue weighted by Crippen LogP contribution is 2.27. The number of imidazole rings is 1. The summed E-state index contributed by atoms with van der Waals surface area (Å²) in [5.41, 5.74) is 3.81. The minimum Gasteiger partial charge on any atom is -0.315 e. The minimum atomic E-state index is -0.355. The Balaban J connectivity index is 1.67. The van der Waals surface area contributed by atoms with Crippen molar-refractivity contribution in [1.29, 1.82) is 0 Å². The quantitative estimate of drug-likeness (QED) is 0.582. The predicted octanol–water partition coefficient (Wildman–Crippen LogP) is 3.61. The van der Waals surface area contributed by atoms with Gasteiger partial charge in [0.1, 0.15) is 0 Å². The Labute approximate surface area is 161 Å². The SMILES string of the molecule is Cc1cn2cc(-c3ccc4c(=O)n([C@H]5CCNC5)cc(C)c4c3)cc(F)c2n1. The van der Waals surface area contributed by atoms with Crippen LogP contribution in [0.15, 0.2) is 47.7 Å². The summed E-state index contributed by atoms with van der Waals surface area (Å²) in [5.74, 6) is -0.355. The molecule has 1 atom stereocenters. The van der Waals surface area contributed by atoms with Gasteiger partial charge in [0.2, 0.25) is 0 Å². The fourth-order valence-corrected chi connectivity index (χ4v) is 4.20. The largest absolute Gasteiger partial charge is 0.315 e. The molecule has 1 N–H and O–H groups in total. The molecular formula is C22H21FN4O. The third kappa shape index (κ3) is 2.64. The first-order valence-corrected chi connectivity index (χ1v) is 9.53. The van der Waals surface area contributed by atoms with Crippen molar-refractivity contribution in [3.05, 3.63) is 70.3 Å². The lowest BCUT2D eigenvalue weighted by Crippen LogP contribution is -2.26. The molecule has 4 aromatic rings.